The van der Waals surface area contributed by atoms with Crippen molar-refractivity contribution in [3.63, 3.8) is 0 Å². The van der Waals surface area contributed by atoms with Gasteiger partial charge in [-0.05, 0) is 43.7 Å². The molecule has 0 atom stereocenters. The molecule has 1 rings (SSSR count). The fourth-order valence-corrected chi connectivity index (χ4v) is 1.62. The van der Waals surface area contributed by atoms with Crippen molar-refractivity contribution in [1.29, 1.82) is 0 Å². The Morgan fingerprint density at radius 3 is 2.33 bits per heavy atom. The maximum Gasteiger partial charge on any atom is 0.322 e. The highest BCUT2D eigenvalue weighted by Gasteiger charge is 2.07. The summed E-state index contributed by atoms with van der Waals surface area (Å²) in [5.74, 6) is -1.69. The van der Waals surface area contributed by atoms with Crippen LogP contribution in [0.2, 0.25) is 0 Å². The predicted octanol–water partition coefficient (Wildman–Crippen LogP) is 0.569. The first kappa shape index (κ1) is 16.6. The molecule has 0 fully saturated rings. The Labute approximate surface area is 122 Å². The zero-order chi connectivity index (χ0) is 15.7. The minimum absolute atomic E-state index is 0.105. The van der Waals surface area contributed by atoms with Crippen molar-refractivity contribution in [3.05, 3.63) is 29.8 Å². The number of anilines is 1. The molecule has 5 N–H and O–H groups in total. The zero-order valence-electron chi connectivity index (χ0n) is 11.6. The fraction of sp³-hybridized carbons (Fsp3) is 0.357. The maximum atomic E-state index is 11.6. The van der Waals surface area contributed by atoms with Gasteiger partial charge >= 0.3 is 5.97 Å². The number of aliphatic carboxylic acids is 1. The van der Waals surface area contributed by atoms with E-state index in [0.29, 0.717) is 24.2 Å². The van der Waals surface area contributed by atoms with Gasteiger partial charge in [0.25, 0.3) is 5.91 Å². The number of benzene rings is 1. The van der Waals surface area contributed by atoms with Crippen LogP contribution in [-0.4, -0.2) is 36.0 Å². The van der Waals surface area contributed by atoms with Crippen molar-refractivity contribution in [2.75, 3.05) is 18.4 Å². The van der Waals surface area contributed by atoms with E-state index in [9.17, 15) is 14.4 Å². The molecular formula is C14H19N3O4. The van der Waals surface area contributed by atoms with Crippen LogP contribution < -0.4 is 16.4 Å². The van der Waals surface area contributed by atoms with Crippen molar-refractivity contribution in [2.45, 2.75) is 19.3 Å². The van der Waals surface area contributed by atoms with Crippen molar-refractivity contribution in [2.24, 2.45) is 5.73 Å². The second kappa shape index (κ2) is 8.70. The van der Waals surface area contributed by atoms with Crippen LogP contribution in [0.3, 0.4) is 0 Å². The van der Waals surface area contributed by atoms with E-state index in [2.05, 4.69) is 10.6 Å². The number of hydrogen-bond donors (Lipinski definition) is 4. The van der Waals surface area contributed by atoms with Crippen LogP contribution in [0.15, 0.2) is 24.3 Å². The lowest BCUT2D eigenvalue weighted by Gasteiger charge is -2.06. The first-order chi connectivity index (χ1) is 10.0. The largest absolute Gasteiger partial charge is 0.480 e. The molecular weight excluding hydrogens is 274 g/mol. The third-order valence-corrected chi connectivity index (χ3v) is 2.69. The Bertz CT molecular complexity index is 499. The molecule has 0 aliphatic carbocycles. The number of amides is 2. The van der Waals surface area contributed by atoms with Crippen molar-refractivity contribution >= 4 is 23.5 Å². The first-order valence-electron chi connectivity index (χ1n) is 6.63. The smallest absolute Gasteiger partial charge is 0.322 e. The van der Waals surface area contributed by atoms with Gasteiger partial charge in [-0.25, -0.2) is 0 Å². The van der Waals surface area contributed by atoms with E-state index in [1.54, 1.807) is 12.1 Å². The van der Waals surface area contributed by atoms with E-state index in [1.165, 1.54) is 12.1 Å². The van der Waals surface area contributed by atoms with Gasteiger partial charge in [0.15, 0.2) is 0 Å². The van der Waals surface area contributed by atoms with E-state index in [4.69, 9.17) is 10.8 Å². The lowest BCUT2D eigenvalue weighted by Crippen LogP contribution is -2.29. The number of carboxylic acid groups (broad SMARTS) is 1. The summed E-state index contributed by atoms with van der Waals surface area (Å²) in [6, 6.07) is 6.23. The Balaban J connectivity index is 2.48. The van der Waals surface area contributed by atoms with E-state index in [-0.39, 0.29) is 5.91 Å². The van der Waals surface area contributed by atoms with E-state index in [1.807, 2.05) is 0 Å². The molecule has 0 aromatic heterocycles. The van der Waals surface area contributed by atoms with Crippen molar-refractivity contribution in [3.8, 4) is 0 Å². The number of carbonyl (C=O) groups excluding carboxylic acids is 2. The van der Waals surface area contributed by atoms with Gasteiger partial charge < -0.3 is 21.5 Å². The van der Waals surface area contributed by atoms with Gasteiger partial charge in [0, 0.05) is 17.7 Å². The number of nitrogens with two attached hydrogens (primary N) is 1. The van der Waals surface area contributed by atoms with Crippen LogP contribution >= 0.6 is 0 Å². The molecule has 1 aromatic rings. The van der Waals surface area contributed by atoms with Crippen molar-refractivity contribution in [1.82, 2.24) is 5.32 Å². The highest BCUT2D eigenvalue weighted by Crippen LogP contribution is 2.10. The molecule has 0 saturated heterocycles. The summed E-state index contributed by atoms with van der Waals surface area (Å²) in [4.78, 5) is 33.5. The topological polar surface area (TPSA) is 122 Å². The highest BCUT2D eigenvalue weighted by atomic mass is 16.4. The quantitative estimate of drug-likeness (QED) is 0.522. The van der Waals surface area contributed by atoms with E-state index in [0.717, 1.165) is 12.8 Å². The monoisotopic (exact) mass is 293 g/mol. The molecule has 0 bridgehead atoms. The molecule has 0 heterocycles. The average Bonchev–Trinajstić information content (AvgIpc) is 2.45. The van der Waals surface area contributed by atoms with Crippen LogP contribution in [0.25, 0.3) is 0 Å². The van der Waals surface area contributed by atoms with Gasteiger partial charge in [-0.15, -0.1) is 0 Å². The fourth-order valence-electron chi connectivity index (χ4n) is 1.62. The molecule has 7 heteroatoms. The summed E-state index contributed by atoms with van der Waals surface area (Å²) in [5.41, 5.74) is 6.27. The number of carboxylic acids is 1. The molecule has 0 spiro atoms. The van der Waals surface area contributed by atoms with Crippen molar-refractivity contribution < 1.29 is 19.5 Å². The molecule has 21 heavy (non-hydrogen) atoms. The third-order valence-electron chi connectivity index (χ3n) is 2.69. The number of hydrogen-bond acceptors (Lipinski definition) is 4. The summed E-state index contributed by atoms with van der Waals surface area (Å²) < 4.78 is 0. The lowest BCUT2D eigenvalue weighted by molar-refractivity contribution is -0.135. The number of nitrogens with one attached hydrogen (secondary N) is 2. The molecule has 0 saturated carbocycles. The number of unbranched alkanes of at least 4 members (excludes halogenated alkanes) is 1. The van der Waals surface area contributed by atoms with Crippen LogP contribution in [0.1, 0.15) is 29.6 Å². The molecule has 0 aliphatic heterocycles. The minimum Gasteiger partial charge on any atom is -0.480 e. The first-order valence-corrected chi connectivity index (χ1v) is 6.63. The lowest BCUT2D eigenvalue weighted by atomic mass is 10.2. The standard InChI is InChI=1S/C14H19N3O4/c15-8-2-1-3-12(18)17-11-6-4-10(5-7-11)14(21)16-9-13(19)20/h4-7H,1-3,8-9,15H2,(H,16,21)(H,17,18)(H,19,20). The molecule has 0 aliphatic rings. The SMILES string of the molecule is NCCCCC(=O)Nc1ccc(C(=O)NCC(=O)O)cc1. The van der Waals surface area contributed by atoms with Crippen LogP contribution in [0.5, 0.6) is 0 Å². The molecule has 0 unspecified atom stereocenters. The van der Waals surface area contributed by atoms with Gasteiger partial charge in [0.2, 0.25) is 5.91 Å². The summed E-state index contributed by atoms with van der Waals surface area (Å²) >= 11 is 0. The highest BCUT2D eigenvalue weighted by molar-refractivity contribution is 5.97. The van der Waals surface area contributed by atoms with Crippen LogP contribution in [-0.2, 0) is 9.59 Å². The second-order valence-electron chi connectivity index (χ2n) is 4.45. The molecule has 2 amide bonds. The Morgan fingerprint density at radius 2 is 1.76 bits per heavy atom. The maximum absolute atomic E-state index is 11.6. The third kappa shape index (κ3) is 6.53. The van der Waals surface area contributed by atoms with E-state index < -0.39 is 18.4 Å². The van der Waals surface area contributed by atoms with Gasteiger partial charge in [-0.1, -0.05) is 0 Å². The normalized spacial score (nSPS) is 9.95. The predicted molar refractivity (Wildman–Crippen MR) is 77.9 cm³/mol. The van der Waals surface area contributed by atoms with Gasteiger partial charge in [-0.2, -0.15) is 0 Å². The summed E-state index contributed by atoms with van der Waals surface area (Å²) in [6.45, 7) is 0.131. The van der Waals surface area contributed by atoms with Crippen LogP contribution in [0, 0.1) is 0 Å². The Hall–Kier alpha value is -2.41. The minimum atomic E-state index is -1.11. The number of carbonyl (C=O) groups is 3. The Morgan fingerprint density at radius 1 is 1.10 bits per heavy atom. The van der Waals surface area contributed by atoms with E-state index >= 15 is 0 Å². The van der Waals surface area contributed by atoms with Gasteiger partial charge in [-0.3, -0.25) is 14.4 Å². The Kier molecular flexibility index (Phi) is 6.90. The van der Waals surface area contributed by atoms with Gasteiger partial charge in [0.05, 0.1) is 0 Å². The number of rotatable bonds is 8. The second-order valence-corrected chi connectivity index (χ2v) is 4.45. The molecule has 7 nitrogen and oxygen atoms in total. The summed E-state index contributed by atoms with van der Waals surface area (Å²) in [6.07, 6.45) is 1.94. The van der Waals surface area contributed by atoms with Crippen LogP contribution in [0.4, 0.5) is 5.69 Å². The average molecular weight is 293 g/mol. The summed E-state index contributed by atoms with van der Waals surface area (Å²) in [5, 5.41) is 13.4. The summed E-state index contributed by atoms with van der Waals surface area (Å²) in [7, 11) is 0. The van der Waals surface area contributed by atoms with Gasteiger partial charge in [0.1, 0.15) is 6.54 Å². The zero-order valence-corrected chi connectivity index (χ0v) is 11.6. The molecule has 1 aromatic carbocycles. The molecule has 0 radical (unpaired) electrons. The molecule has 114 valence electrons.